The second-order valence-corrected chi connectivity index (χ2v) is 9.35. The lowest BCUT2D eigenvalue weighted by Gasteiger charge is -2.42. The molecule has 0 radical (unpaired) electrons. The fraction of sp³-hybridized carbons (Fsp3) is 0.500. The van der Waals surface area contributed by atoms with Crippen LogP contribution in [0.25, 0.3) is 0 Å². The van der Waals surface area contributed by atoms with Crippen LogP contribution < -0.4 is 0 Å². The molecule has 2 aromatic rings. The van der Waals surface area contributed by atoms with E-state index in [-0.39, 0.29) is 5.82 Å². The van der Waals surface area contributed by atoms with Crippen LogP contribution >= 0.6 is 0 Å². The average Bonchev–Trinajstić information content (AvgIpc) is 2.70. The average molecular weight is 397 g/mol. The van der Waals surface area contributed by atoms with Crippen molar-refractivity contribution in [3.05, 3.63) is 82.7 Å². The molecule has 1 aliphatic carbocycles. The van der Waals surface area contributed by atoms with Crippen LogP contribution in [0.3, 0.4) is 0 Å². The summed E-state index contributed by atoms with van der Waals surface area (Å²) in [5, 5.41) is 0. The second-order valence-electron chi connectivity index (χ2n) is 9.35. The first-order chi connectivity index (χ1) is 13.5. The first kappa shape index (κ1) is 25.1. The monoisotopic (exact) mass is 396 g/mol. The number of allylic oxidation sites excluding steroid dienone is 1. The SMILES string of the molecule is C=C[C@H](C)c1ccc2c(c1)C(C)(C)CCC2(C)C.CC.Cc1ccc(C)c(F)c1. The van der Waals surface area contributed by atoms with Gasteiger partial charge in [-0.25, -0.2) is 4.39 Å². The van der Waals surface area contributed by atoms with E-state index >= 15 is 0 Å². The molecule has 0 saturated heterocycles. The molecule has 0 nitrogen and oxygen atoms in total. The van der Waals surface area contributed by atoms with Crippen LogP contribution in [-0.4, -0.2) is 0 Å². The summed E-state index contributed by atoms with van der Waals surface area (Å²) in [6, 6.07) is 12.3. The van der Waals surface area contributed by atoms with Crippen LogP contribution in [0.4, 0.5) is 4.39 Å². The fourth-order valence-electron chi connectivity index (χ4n) is 3.72. The Labute approximate surface area is 179 Å². The van der Waals surface area contributed by atoms with Gasteiger partial charge in [0.2, 0.25) is 0 Å². The van der Waals surface area contributed by atoms with Crippen molar-refractivity contribution in [2.75, 3.05) is 0 Å². The number of hydrogen-bond donors (Lipinski definition) is 0. The quantitative estimate of drug-likeness (QED) is 0.445. The summed E-state index contributed by atoms with van der Waals surface area (Å²) in [5.41, 5.74) is 6.79. The lowest BCUT2D eigenvalue weighted by molar-refractivity contribution is 0.331. The van der Waals surface area contributed by atoms with Crippen LogP contribution in [0.2, 0.25) is 0 Å². The van der Waals surface area contributed by atoms with E-state index in [0.29, 0.717) is 22.3 Å². The largest absolute Gasteiger partial charge is 0.207 e. The molecule has 0 unspecified atom stereocenters. The Hall–Kier alpha value is -1.89. The van der Waals surface area contributed by atoms with Gasteiger partial charge in [-0.1, -0.05) is 84.9 Å². The maximum absolute atomic E-state index is 12.6. The van der Waals surface area contributed by atoms with E-state index < -0.39 is 0 Å². The molecule has 0 saturated carbocycles. The van der Waals surface area contributed by atoms with E-state index in [2.05, 4.69) is 59.4 Å². The molecule has 0 N–H and O–H groups in total. The number of fused-ring (bicyclic) bond motifs is 1. The molecule has 0 spiro atoms. The van der Waals surface area contributed by atoms with Crippen molar-refractivity contribution >= 4 is 0 Å². The number of hydrogen-bond acceptors (Lipinski definition) is 0. The smallest absolute Gasteiger partial charge is 0.126 e. The van der Waals surface area contributed by atoms with Crippen LogP contribution in [0.5, 0.6) is 0 Å². The summed E-state index contributed by atoms with van der Waals surface area (Å²) >= 11 is 0. The molecule has 0 bridgehead atoms. The molecular weight excluding hydrogens is 355 g/mol. The molecule has 3 rings (SSSR count). The highest BCUT2D eigenvalue weighted by atomic mass is 19.1. The van der Waals surface area contributed by atoms with Gasteiger partial charge in [0.25, 0.3) is 0 Å². The van der Waals surface area contributed by atoms with Crippen molar-refractivity contribution < 1.29 is 4.39 Å². The van der Waals surface area contributed by atoms with Gasteiger partial charge in [0.1, 0.15) is 5.82 Å². The third-order valence-electron chi connectivity index (χ3n) is 6.08. The van der Waals surface area contributed by atoms with E-state index in [0.717, 1.165) is 5.56 Å². The molecule has 160 valence electrons. The van der Waals surface area contributed by atoms with Crippen LogP contribution in [0.15, 0.2) is 49.1 Å². The molecule has 1 heteroatoms. The van der Waals surface area contributed by atoms with Gasteiger partial charge in [-0.15, -0.1) is 6.58 Å². The summed E-state index contributed by atoms with van der Waals surface area (Å²) in [4.78, 5) is 0. The molecule has 0 amide bonds. The van der Waals surface area contributed by atoms with Gasteiger partial charge < -0.3 is 0 Å². The first-order valence-corrected chi connectivity index (χ1v) is 11.0. The maximum Gasteiger partial charge on any atom is 0.126 e. The maximum atomic E-state index is 12.6. The molecule has 0 heterocycles. The number of benzene rings is 2. The minimum absolute atomic E-state index is 0.116. The van der Waals surface area contributed by atoms with Gasteiger partial charge in [-0.3, -0.25) is 0 Å². The van der Waals surface area contributed by atoms with Crippen LogP contribution in [0.1, 0.15) is 95.0 Å². The van der Waals surface area contributed by atoms with Gasteiger partial charge in [-0.2, -0.15) is 0 Å². The second kappa shape index (κ2) is 10.2. The highest BCUT2D eigenvalue weighted by Gasteiger charge is 2.36. The summed E-state index contributed by atoms with van der Waals surface area (Å²) in [5.74, 6) is 0.325. The number of rotatable bonds is 2. The van der Waals surface area contributed by atoms with Crippen molar-refractivity contribution in [3.63, 3.8) is 0 Å². The van der Waals surface area contributed by atoms with Gasteiger partial charge in [0, 0.05) is 0 Å². The lowest BCUT2D eigenvalue weighted by atomic mass is 9.63. The summed E-state index contributed by atoms with van der Waals surface area (Å²) in [6.45, 7) is 23.3. The molecular formula is C28H41F. The van der Waals surface area contributed by atoms with Gasteiger partial charge >= 0.3 is 0 Å². The minimum Gasteiger partial charge on any atom is -0.207 e. The molecule has 1 aliphatic rings. The summed E-state index contributed by atoms with van der Waals surface area (Å²) < 4.78 is 12.6. The first-order valence-electron chi connectivity index (χ1n) is 11.0. The molecule has 0 aromatic heterocycles. The number of aryl methyl sites for hydroxylation is 2. The molecule has 2 aromatic carbocycles. The third kappa shape index (κ3) is 6.29. The van der Waals surface area contributed by atoms with Gasteiger partial charge in [0.15, 0.2) is 0 Å². The predicted molar refractivity (Wildman–Crippen MR) is 128 cm³/mol. The normalized spacial score (nSPS) is 16.9. The molecule has 0 fully saturated rings. The molecule has 29 heavy (non-hydrogen) atoms. The zero-order valence-electron chi connectivity index (χ0n) is 20.1. The molecule has 0 aliphatic heterocycles. The Morgan fingerprint density at radius 2 is 1.45 bits per heavy atom. The van der Waals surface area contributed by atoms with E-state index in [4.69, 9.17) is 0 Å². The van der Waals surface area contributed by atoms with Crippen molar-refractivity contribution in [2.45, 2.75) is 91.9 Å². The van der Waals surface area contributed by atoms with Crippen LogP contribution in [-0.2, 0) is 10.8 Å². The summed E-state index contributed by atoms with van der Waals surface area (Å²) in [7, 11) is 0. The highest BCUT2D eigenvalue weighted by molar-refractivity contribution is 5.44. The third-order valence-corrected chi connectivity index (χ3v) is 6.08. The van der Waals surface area contributed by atoms with Crippen molar-refractivity contribution in [1.82, 2.24) is 0 Å². The Morgan fingerprint density at radius 1 is 0.897 bits per heavy atom. The lowest BCUT2D eigenvalue weighted by Crippen LogP contribution is -2.33. The van der Waals surface area contributed by atoms with Gasteiger partial charge in [-0.05, 0) is 77.3 Å². The van der Waals surface area contributed by atoms with E-state index in [1.807, 2.05) is 32.9 Å². The van der Waals surface area contributed by atoms with Crippen LogP contribution in [0, 0.1) is 19.7 Å². The summed E-state index contributed by atoms with van der Waals surface area (Å²) in [6.07, 6.45) is 4.59. The van der Waals surface area contributed by atoms with Crippen molar-refractivity contribution in [1.29, 1.82) is 0 Å². The van der Waals surface area contributed by atoms with Crippen molar-refractivity contribution in [2.24, 2.45) is 0 Å². The fourth-order valence-corrected chi connectivity index (χ4v) is 3.72. The van der Waals surface area contributed by atoms with Gasteiger partial charge in [0.05, 0.1) is 0 Å². The Balaban J connectivity index is 0.000000321. The Morgan fingerprint density at radius 3 is 1.93 bits per heavy atom. The van der Waals surface area contributed by atoms with Crippen molar-refractivity contribution in [3.8, 4) is 0 Å². The topological polar surface area (TPSA) is 0 Å². The minimum atomic E-state index is -0.116. The zero-order chi connectivity index (χ0) is 22.4. The van der Waals surface area contributed by atoms with E-state index in [1.54, 1.807) is 24.1 Å². The standard InChI is InChI=1S/C18H26.C8H9F.C2H6/c1-7-13(2)14-8-9-15-16(12-14)18(5,6)11-10-17(15,3)4;1-6-3-4-7(2)8(9)5-6;1-2/h7-9,12-13H,1,10-11H2,2-6H3;3-5H,1-2H3;1-2H3/t13-;;/m0../s1. The van der Waals surface area contributed by atoms with E-state index in [9.17, 15) is 4.39 Å². The Bertz CT molecular complexity index is 811. The highest BCUT2D eigenvalue weighted by Crippen LogP contribution is 2.46. The zero-order valence-corrected chi connectivity index (χ0v) is 20.1. The predicted octanol–water partition coefficient (Wildman–Crippen LogP) is 8.79. The Kier molecular flexibility index (Phi) is 8.87. The van der Waals surface area contributed by atoms with E-state index in [1.165, 1.54) is 24.5 Å². The molecule has 1 atom stereocenters. The number of halogens is 1.